The Labute approximate surface area is 262 Å². The van der Waals surface area contributed by atoms with Gasteiger partial charge in [-0.15, -0.1) is 0 Å². The summed E-state index contributed by atoms with van der Waals surface area (Å²) in [7, 11) is -4.20. The second-order valence-corrected chi connectivity index (χ2v) is 15.1. The van der Waals surface area contributed by atoms with Crippen molar-refractivity contribution in [1.29, 1.82) is 0 Å². The van der Waals surface area contributed by atoms with Crippen LogP contribution in [-0.2, 0) is 14.6 Å². The number of nitrogens with one attached hydrogen (secondary N) is 2. The molecule has 5 rings (SSSR count). The first-order valence-electron chi connectivity index (χ1n) is 14.6. The molecule has 0 radical (unpaired) electrons. The van der Waals surface area contributed by atoms with Gasteiger partial charge < -0.3 is 31.1 Å². The normalized spacial score (nSPS) is 31.9. The predicted molar refractivity (Wildman–Crippen MR) is 155 cm³/mol. The standard InChI is InChI=1S/C30H34ClF3N2O8S/c1-13-4-16-8-18(11-19(13)30(16,42)26(39)12-35-28(40)15-5-23(37)24(38)6-15)45(43,44)25-7-14(2-3-20(25)31)29(41)36-17-9-21(32)27(34)22(33)10-17/h2-3,7,9-10,13,15-16,18-19,23-24,26,37-39,42H,4-6,8,11-12H2,1H3,(H,35,40)(H,36,41)/t13-,15?,16?,18?,19?,23?,24?,26?,30+/m0/s1. The van der Waals surface area contributed by atoms with Crippen LogP contribution in [0.25, 0.3) is 0 Å². The highest BCUT2D eigenvalue weighted by Gasteiger charge is 2.61. The highest BCUT2D eigenvalue weighted by atomic mass is 35.5. The molecule has 246 valence electrons. The van der Waals surface area contributed by atoms with Crippen LogP contribution >= 0.6 is 11.6 Å². The number of carbonyl (C=O) groups is 2. The lowest BCUT2D eigenvalue weighted by Crippen LogP contribution is -2.59. The first kappa shape index (κ1) is 33.6. The molecule has 3 aliphatic rings. The van der Waals surface area contributed by atoms with Gasteiger partial charge in [-0.05, 0) is 68.1 Å². The van der Waals surface area contributed by atoms with E-state index in [2.05, 4.69) is 10.6 Å². The minimum Gasteiger partial charge on any atom is -0.390 e. The highest BCUT2D eigenvalue weighted by molar-refractivity contribution is 7.92. The monoisotopic (exact) mass is 674 g/mol. The van der Waals surface area contributed by atoms with Crippen LogP contribution in [0.3, 0.4) is 0 Å². The molecule has 0 aromatic heterocycles. The van der Waals surface area contributed by atoms with Gasteiger partial charge in [0.1, 0.15) is 6.10 Å². The second kappa shape index (κ2) is 12.5. The van der Waals surface area contributed by atoms with Crippen molar-refractivity contribution in [3.8, 4) is 0 Å². The fraction of sp³-hybridized carbons (Fsp3) is 0.533. The van der Waals surface area contributed by atoms with Crippen molar-refractivity contribution in [2.75, 3.05) is 11.9 Å². The number of amides is 2. The van der Waals surface area contributed by atoms with Gasteiger partial charge in [0.05, 0.1) is 33.0 Å². The zero-order valence-corrected chi connectivity index (χ0v) is 25.7. The average Bonchev–Trinajstić information content (AvgIpc) is 3.35. The van der Waals surface area contributed by atoms with Gasteiger partial charge in [0.2, 0.25) is 5.91 Å². The molecule has 0 aliphatic heterocycles. The summed E-state index contributed by atoms with van der Waals surface area (Å²) < 4.78 is 68.3. The maximum Gasteiger partial charge on any atom is 0.255 e. The summed E-state index contributed by atoms with van der Waals surface area (Å²) in [5.41, 5.74) is -2.28. The molecule has 2 aromatic rings. The third-order valence-corrected chi connectivity index (χ3v) is 12.4. The molecule has 15 heteroatoms. The number of sulfone groups is 1. The van der Waals surface area contributed by atoms with Crippen LogP contribution in [0.4, 0.5) is 18.9 Å². The van der Waals surface area contributed by atoms with E-state index in [4.69, 9.17) is 11.6 Å². The van der Waals surface area contributed by atoms with E-state index in [1.807, 2.05) is 6.92 Å². The average molecular weight is 675 g/mol. The fourth-order valence-corrected chi connectivity index (χ4v) is 9.70. The smallest absolute Gasteiger partial charge is 0.255 e. The molecule has 2 bridgehead atoms. The zero-order chi connectivity index (χ0) is 33.0. The molecule has 3 saturated carbocycles. The van der Waals surface area contributed by atoms with E-state index >= 15 is 0 Å². The fourth-order valence-electron chi connectivity index (χ4n) is 7.32. The van der Waals surface area contributed by atoms with Crippen LogP contribution in [-0.4, -0.2) is 76.4 Å². The van der Waals surface area contributed by atoms with Crippen molar-refractivity contribution in [2.24, 2.45) is 23.7 Å². The Morgan fingerprint density at radius 1 is 1.02 bits per heavy atom. The summed E-state index contributed by atoms with van der Waals surface area (Å²) in [6.45, 7) is 1.54. The number of hydrogen-bond acceptors (Lipinski definition) is 8. The summed E-state index contributed by atoms with van der Waals surface area (Å²) in [6.07, 6.45) is -2.96. The lowest BCUT2D eigenvalue weighted by Gasteiger charge is -2.46. The molecular formula is C30H34ClF3N2O8S. The number of halogens is 4. The zero-order valence-electron chi connectivity index (χ0n) is 24.1. The van der Waals surface area contributed by atoms with Gasteiger partial charge in [-0.1, -0.05) is 18.5 Å². The molecule has 8 atom stereocenters. The second-order valence-electron chi connectivity index (χ2n) is 12.5. The van der Waals surface area contributed by atoms with E-state index in [0.29, 0.717) is 18.6 Å². The minimum absolute atomic E-state index is 0.0351. The van der Waals surface area contributed by atoms with Crippen molar-refractivity contribution in [3.05, 3.63) is 58.4 Å². The Hall–Kier alpha value is -2.75. The summed E-state index contributed by atoms with van der Waals surface area (Å²) in [6, 6.07) is 4.60. The lowest BCUT2D eigenvalue weighted by molar-refractivity contribution is -0.147. The third kappa shape index (κ3) is 6.20. The molecule has 0 heterocycles. The van der Waals surface area contributed by atoms with E-state index in [1.54, 1.807) is 0 Å². The van der Waals surface area contributed by atoms with Gasteiger partial charge in [-0.2, -0.15) is 0 Å². The van der Waals surface area contributed by atoms with Gasteiger partial charge in [-0.3, -0.25) is 9.59 Å². The molecule has 2 amide bonds. The lowest BCUT2D eigenvalue weighted by atomic mass is 9.70. The maximum absolute atomic E-state index is 13.9. The molecule has 6 unspecified atom stereocenters. The maximum atomic E-state index is 13.9. The quantitative estimate of drug-likeness (QED) is 0.232. The van der Waals surface area contributed by atoms with Gasteiger partial charge >= 0.3 is 0 Å². The first-order valence-corrected chi connectivity index (χ1v) is 16.5. The SMILES string of the molecule is C[C@H]1CC2CC(S(=O)(=O)c3cc(C(=O)Nc4cc(F)c(F)c(F)c4)ccc3Cl)CC1[C@@]2(O)C(O)CNC(=O)C1CC(O)C(O)C1. The number of hydrogen-bond donors (Lipinski definition) is 6. The van der Waals surface area contributed by atoms with Crippen LogP contribution < -0.4 is 10.6 Å². The van der Waals surface area contributed by atoms with Crippen LogP contribution in [0.5, 0.6) is 0 Å². The molecule has 45 heavy (non-hydrogen) atoms. The van der Waals surface area contributed by atoms with Gasteiger partial charge in [-0.25, -0.2) is 21.6 Å². The Balaban J connectivity index is 1.31. The van der Waals surface area contributed by atoms with Gasteiger partial charge in [0.25, 0.3) is 5.91 Å². The van der Waals surface area contributed by atoms with E-state index in [9.17, 15) is 51.6 Å². The molecular weight excluding hydrogens is 641 g/mol. The van der Waals surface area contributed by atoms with E-state index in [-0.39, 0.29) is 59.3 Å². The molecule has 6 N–H and O–H groups in total. The number of aliphatic hydroxyl groups is 4. The molecule has 0 spiro atoms. The summed E-state index contributed by atoms with van der Waals surface area (Å²) in [4.78, 5) is 25.0. The summed E-state index contributed by atoms with van der Waals surface area (Å²) >= 11 is 6.28. The number of rotatable bonds is 8. The summed E-state index contributed by atoms with van der Waals surface area (Å²) in [5, 5.41) is 45.9. The molecule has 3 fully saturated rings. The number of aliphatic hydroxyl groups excluding tert-OH is 3. The Kier molecular flexibility index (Phi) is 9.30. The predicted octanol–water partition coefficient (Wildman–Crippen LogP) is 2.56. The number of fused-ring (bicyclic) bond motifs is 2. The largest absolute Gasteiger partial charge is 0.390 e. The molecule has 2 aromatic carbocycles. The van der Waals surface area contributed by atoms with Crippen LogP contribution in [0, 0.1) is 41.1 Å². The first-order chi connectivity index (χ1) is 21.0. The van der Waals surface area contributed by atoms with E-state index in [1.165, 1.54) is 12.1 Å². The molecule has 0 saturated heterocycles. The minimum atomic E-state index is -4.20. The molecule has 3 aliphatic carbocycles. The van der Waals surface area contributed by atoms with E-state index < -0.39 is 86.0 Å². The number of carbonyl (C=O) groups excluding carboxylic acids is 2. The van der Waals surface area contributed by atoms with Crippen molar-refractivity contribution in [3.63, 3.8) is 0 Å². The van der Waals surface area contributed by atoms with Crippen LogP contribution in [0.15, 0.2) is 35.2 Å². The summed E-state index contributed by atoms with van der Waals surface area (Å²) in [5.74, 6) is -8.28. The Bertz CT molecular complexity index is 1580. The van der Waals surface area contributed by atoms with Crippen molar-refractivity contribution in [2.45, 2.75) is 73.1 Å². The van der Waals surface area contributed by atoms with Gasteiger partial charge in [0.15, 0.2) is 27.3 Å². The van der Waals surface area contributed by atoms with Crippen molar-refractivity contribution in [1.82, 2.24) is 5.32 Å². The third-order valence-electron chi connectivity index (χ3n) is 9.71. The number of benzene rings is 2. The van der Waals surface area contributed by atoms with Crippen molar-refractivity contribution >= 4 is 38.9 Å². The number of anilines is 1. The topological polar surface area (TPSA) is 173 Å². The van der Waals surface area contributed by atoms with E-state index in [0.717, 1.165) is 6.07 Å². The van der Waals surface area contributed by atoms with Gasteiger partial charge in [0, 0.05) is 35.8 Å². The van der Waals surface area contributed by atoms with Crippen molar-refractivity contribution < 1.29 is 51.6 Å². The van der Waals surface area contributed by atoms with Crippen LogP contribution in [0.2, 0.25) is 5.02 Å². The molecule has 10 nitrogen and oxygen atoms in total. The Morgan fingerprint density at radius 3 is 2.24 bits per heavy atom. The van der Waals surface area contributed by atoms with Crippen LogP contribution in [0.1, 0.15) is 49.4 Å². The Morgan fingerprint density at radius 2 is 1.64 bits per heavy atom. The highest BCUT2D eigenvalue weighted by Crippen LogP contribution is 2.56.